The fraction of sp³-hybridized carbons (Fsp3) is 0.500. The number of amides is 2. The number of aryl methyl sites for hydroxylation is 1. The van der Waals surface area contributed by atoms with Crippen LogP contribution in [0.5, 0.6) is 0 Å². The molecule has 3 rings (SSSR count). The van der Waals surface area contributed by atoms with Crippen molar-refractivity contribution in [1.82, 2.24) is 14.4 Å². The maximum Gasteiger partial charge on any atom is 0.264 e. The average molecular weight is 374 g/mol. The Morgan fingerprint density at radius 1 is 1.27 bits per heavy atom. The summed E-state index contributed by atoms with van der Waals surface area (Å²) in [5, 5.41) is 1.90. The Morgan fingerprint density at radius 3 is 2.58 bits per heavy atom. The van der Waals surface area contributed by atoms with Crippen LogP contribution in [-0.2, 0) is 18.4 Å². The Kier molecular flexibility index (Phi) is 5.81. The Balaban J connectivity index is 1.72. The Morgan fingerprint density at radius 2 is 2.04 bits per heavy atom. The standard InChI is InChI=1S/C20H27N3O2S/c1-15(2)12-22(13-17-6-4-10-21(17)3)19(24)14-23(16-8-9-16)20(25)18-7-5-11-26-18/h4-7,10-11,15-16H,8-9,12-14H2,1-3H3. The fourth-order valence-electron chi connectivity index (χ4n) is 3.09. The van der Waals surface area contributed by atoms with Gasteiger partial charge in [0.15, 0.2) is 0 Å². The molecule has 0 aliphatic heterocycles. The highest BCUT2D eigenvalue weighted by molar-refractivity contribution is 7.12. The van der Waals surface area contributed by atoms with E-state index in [0.29, 0.717) is 23.9 Å². The average Bonchev–Trinajstić information content (AvgIpc) is 3.12. The number of thiophene rings is 1. The van der Waals surface area contributed by atoms with Crippen LogP contribution < -0.4 is 0 Å². The third-order valence-electron chi connectivity index (χ3n) is 4.63. The van der Waals surface area contributed by atoms with Gasteiger partial charge in [0.25, 0.3) is 5.91 Å². The molecule has 2 heterocycles. The number of carbonyl (C=O) groups excluding carboxylic acids is 2. The van der Waals surface area contributed by atoms with Crippen molar-refractivity contribution in [2.24, 2.45) is 13.0 Å². The van der Waals surface area contributed by atoms with Gasteiger partial charge in [0, 0.05) is 31.5 Å². The van der Waals surface area contributed by atoms with Crippen LogP contribution in [0.4, 0.5) is 0 Å². The smallest absolute Gasteiger partial charge is 0.264 e. The van der Waals surface area contributed by atoms with E-state index in [2.05, 4.69) is 13.8 Å². The molecule has 1 saturated carbocycles. The lowest BCUT2D eigenvalue weighted by Crippen LogP contribution is -2.44. The van der Waals surface area contributed by atoms with Crippen LogP contribution in [0.15, 0.2) is 35.8 Å². The van der Waals surface area contributed by atoms with Crippen molar-refractivity contribution in [2.45, 2.75) is 39.3 Å². The molecule has 0 unspecified atom stereocenters. The molecule has 0 spiro atoms. The molecule has 6 heteroatoms. The van der Waals surface area contributed by atoms with Gasteiger partial charge < -0.3 is 14.4 Å². The van der Waals surface area contributed by atoms with Gasteiger partial charge in [-0.25, -0.2) is 0 Å². The van der Waals surface area contributed by atoms with Gasteiger partial charge in [-0.05, 0) is 42.3 Å². The Bertz CT molecular complexity index is 747. The van der Waals surface area contributed by atoms with Crippen molar-refractivity contribution < 1.29 is 9.59 Å². The van der Waals surface area contributed by atoms with Gasteiger partial charge in [0.2, 0.25) is 5.91 Å². The van der Waals surface area contributed by atoms with E-state index in [0.717, 1.165) is 18.5 Å². The van der Waals surface area contributed by atoms with Crippen molar-refractivity contribution in [3.63, 3.8) is 0 Å². The minimum atomic E-state index is -0.0146. The lowest BCUT2D eigenvalue weighted by molar-refractivity contribution is -0.133. The van der Waals surface area contributed by atoms with Crippen molar-refractivity contribution in [2.75, 3.05) is 13.1 Å². The summed E-state index contributed by atoms with van der Waals surface area (Å²) in [6, 6.07) is 7.96. The number of carbonyl (C=O) groups is 2. The van der Waals surface area contributed by atoms with Gasteiger partial charge in [0.05, 0.1) is 11.4 Å². The first kappa shape index (κ1) is 18.7. The van der Waals surface area contributed by atoms with Crippen LogP contribution in [0.1, 0.15) is 42.1 Å². The molecule has 0 bridgehead atoms. The maximum absolute atomic E-state index is 13.1. The summed E-state index contributed by atoms with van der Waals surface area (Å²) in [5.41, 5.74) is 1.10. The number of hydrogen-bond donors (Lipinski definition) is 0. The predicted molar refractivity (Wildman–Crippen MR) is 104 cm³/mol. The lowest BCUT2D eigenvalue weighted by Gasteiger charge is -2.29. The topological polar surface area (TPSA) is 45.6 Å². The van der Waals surface area contributed by atoms with Gasteiger partial charge in [-0.2, -0.15) is 0 Å². The molecule has 26 heavy (non-hydrogen) atoms. The third kappa shape index (κ3) is 4.55. The molecule has 2 aromatic rings. The maximum atomic E-state index is 13.1. The largest absolute Gasteiger partial charge is 0.353 e. The van der Waals surface area contributed by atoms with E-state index in [9.17, 15) is 9.59 Å². The van der Waals surface area contributed by atoms with E-state index in [4.69, 9.17) is 0 Å². The van der Waals surface area contributed by atoms with Crippen LogP contribution in [0.25, 0.3) is 0 Å². The molecular formula is C20H27N3O2S. The van der Waals surface area contributed by atoms with E-state index in [1.807, 2.05) is 52.4 Å². The molecule has 5 nitrogen and oxygen atoms in total. The van der Waals surface area contributed by atoms with Crippen molar-refractivity contribution in [3.05, 3.63) is 46.4 Å². The van der Waals surface area contributed by atoms with E-state index in [1.54, 1.807) is 4.90 Å². The predicted octanol–water partition coefficient (Wildman–Crippen LogP) is 3.38. The van der Waals surface area contributed by atoms with E-state index in [1.165, 1.54) is 11.3 Å². The summed E-state index contributed by atoms with van der Waals surface area (Å²) in [7, 11) is 1.99. The summed E-state index contributed by atoms with van der Waals surface area (Å²) in [6.07, 6.45) is 3.98. The highest BCUT2D eigenvalue weighted by Gasteiger charge is 2.35. The second kappa shape index (κ2) is 8.08. The molecule has 0 radical (unpaired) electrons. The van der Waals surface area contributed by atoms with Gasteiger partial charge in [-0.15, -0.1) is 11.3 Å². The molecule has 1 fully saturated rings. The Hall–Kier alpha value is -2.08. The minimum absolute atomic E-state index is 0.0146. The lowest BCUT2D eigenvalue weighted by atomic mass is 10.2. The summed E-state index contributed by atoms with van der Waals surface area (Å²) in [4.78, 5) is 30.2. The Labute approximate surface area is 159 Å². The second-order valence-electron chi connectivity index (χ2n) is 7.42. The highest BCUT2D eigenvalue weighted by atomic mass is 32.1. The molecule has 0 atom stereocenters. The number of nitrogens with zero attached hydrogens (tertiary/aromatic N) is 3. The first-order valence-electron chi connectivity index (χ1n) is 9.18. The molecule has 1 aliphatic rings. The van der Waals surface area contributed by atoms with Crippen LogP contribution in [-0.4, -0.2) is 45.3 Å². The van der Waals surface area contributed by atoms with Crippen molar-refractivity contribution in [3.8, 4) is 0 Å². The van der Waals surface area contributed by atoms with Gasteiger partial charge in [-0.3, -0.25) is 9.59 Å². The van der Waals surface area contributed by atoms with Crippen LogP contribution >= 0.6 is 11.3 Å². The fourth-order valence-corrected chi connectivity index (χ4v) is 3.77. The van der Waals surface area contributed by atoms with Crippen LogP contribution in [0.3, 0.4) is 0 Å². The molecule has 0 aromatic carbocycles. The quantitative estimate of drug-likeness (QED) is 0.712. The number of aromatic nitrogens is 1. The number of rotatable bonds is 8. The van der Waals surface area contributed by atoms with Crippen molar-refractivity contribution in [1.29, 1.82) is 0 Å². The zero-order valence-corrected chi connectivity index (χ0v) is 16.5. The molecule has 0 N–H and O–H groups in total. The zero-order chi connectivity index (χ0) is 18.7. The monoisotopic (exact) mass is 373 g/mol. The summed E-state index contributed by atoms with van der Waals surface area (Å²) < 4.78 is 2.04. The SMILES string of the molecule is CC(C)CN(Cc1cccn1C)C(=O)CN(C(=O)c1cccs1)C1CC1. The van der Waals surface area contributed by atoms with Gasteiger partial charge >= 0.3 is 0 Å². The molecule has 2 amide bonds. The second-order valence-corrected chi connectivity index (χ2v) is 8.37. The first-order valence-corrected chi connectivity index (χ1v) is 10.1. The van der Waals surface area contributed by atoms with E-state index in [-0.39, 0.29) is 24.4 Å². The number of hydrogen-bond acceptors (Lipinski definition) is 3. The van der Waals surface area contributed by atoms with Crippen LogP contribution in [0.2, 0.25) is 0 Å². The minimum Gasteiger partial charge on any atom is -0.353 e. The molecular weight excluding hydrogens is 346 g/mol. The van der Waals surface area contributed by atoms with Crippen molar-refractivity contribution >= 4 is 23.2 Å². The zero-order valence-electron chi connectivity index (χ0n) is 15.7. The molecule has 2 aromatic heterocycles. The normalized spacial score (nSPS) is 13.8. The van der Waals surface area contributed by atoms with E-state index < -0.39 is 0 Å². The molecule has 0 saturated heterocycles. The molecule has 140 valence electrons. The van der Waals surface area contributed by atoms with Crippen LogP contribution in [0, 0.1) is 5.92 Å². The summed E-state index contributed by atoms with van der Waals surface area (Å²) in [6.45, 7) is 5.65. The van der Waals surface area contributed by atoms with E-state index >= 15 is 0 Å². The first-order chi connectivity index (χ1) is 12.5. The van der Waals surface area contributed by atoms with Gasteiger partial charge in [-0.1, -0.05) is 19.9 Å². The third-order valence-corrected chi connectivity index (χ3v) is 5.49. The summed E-state index contributed by atoms with van der Waals surface area (Å²) >= 11 is 1.44. The highest BCUT2D eigenvalue weighted by Crippen LogP contribution is 2.29. The molecule has 1 aliphatic carbocycles. The summed E-state index contributed by atoms with van der Waals surface area (Å²) in [5.74, 6) is 0.387. The van der Waals surface area contributed by atoms with Gasteiger partial charge in [0.1, 0.15) is 6.54 Å².